The molecular weight excluding hydrogens is 304 g/mol. The molecule has 3 aromatic heterocycles. The van der Waals surface area contributed by atoms with Crippen LogP contribution in [0.3, 0.4) is 0 Å². The lowest BCUT2D eigenvalue weighted by molar-refractivity contribution is 0.0983. The van der Waals surface area contributed by atoms with E-state index in [1.54, 1.807) is 12.3 Å². The van der Waals surface area contributed by atoms with Crippen LogP contribution >= 0.6 is 11.3 Å². The van der Waals surface area contributed by atoms with E-state index in [-0.39, 0.29) is 12.1 Å². The average Bonchev–Trinajstić information content (AvgIpc) is 3.25. The number of nitrogens with one attached hydrogen (secondary N) is 1. The average molecular weight is 318 g/mol. The molecule has 9 heteroatoms. The van der Waals surface area contributed by atoms with Gasteiger partial charge in [-0.05, 0) is 6.42 Å². The Balaban J connectivity index is 1.52. The van der Waals surface area contributed by atoms with Crippen molar-refractivity contribution in [1.82, 2.24) is 24.9 Å². The minimum atomic E-state index is -0.0839. The predicted octanol–water partition coefficient (Wildman–Crippen LogP) is 1.87. The van der Waals surface area contributed by atoms with Crippen molar-refractivity contribution in [2.24, 2.45) is 7.05 Å². The molecule has 1 aliphatic rings. The second-order valence-corrected chi connectivity index (χ2v) is 6.00. The van der Waals surface area contributed by atoms with Crippen LogP contribution in [-0.2, 0) is 11.8 Å². The summed E-state index contributed by atoms with van der Waals surface area (Å²) in [5.41, 5.74) is 0.689. The minimum Gasteiger partial charge on any atom is -0.368 e. The highest BCUT2D eigenvalue weighted by atomic mass is 32.1. The number of nitrogens with zero attached hydrogens (tertiary/aromatic N) is 5. The predicted molar refractivity (Wildman–Crippen MR) is 79.3 cm³/mol. The number of hydrogen-bond acceptors (Lipinski definition) is 8. The van der Waals surface area contributed by atoms with E-state index in [0.717, 1.165) is 22.4 Å². The molecule has 1 aliphatic heterocycles. The smallest absolute Gasteiger partial charge is 0.206 e. The molecule has 0 unspecified atom stereocenters. The van der Waals surface area contributed by atoms with E-state index in [9.17, 15) is 0 Å². The summed E-state index contributed by atoms with van der Waals surface area (Å²) in [4.78, 5) is 4.38. The summed E-state index contributed by atoms with van der Waals surface area (Å²) in [5, 5.41) is 17.0. The highest BCUT2D eigenvalue weighted by Crippen LogP contribution is 2.32. The maximum atomic E-state index is 5.83. The van der Waals surface area contributed by atoms with Gasteiger partial charge in [0.05, 0.1) is 6.04 Å². The van der Waals surface area contributed by atoms with E-state index in [1.807, 2.05) is 17.8 Å². The van der Waals surface area contributed by atoms with Crippen LogP contribution in [0.2, 0.25) is 0 Å². The first kappa shape index (κ1) is 13.4. The molecule has 4 heterocycles. The lowest BCUT2D eigenvalue weighted by Gasteiger charge is -2.18. The summed E-state index contributed by atoms with van der Waals surface area (Å²) >= 11 is 1.44. The molecule has 22 heavy (non-hydrogen) atoms. The van der Waals surface area contributed by atoms with E-state index >= 15 is 0 Å². The number of aryl methyl sites for hydroxylation is 1. The van der Waals surface area contributed by atoms with Crippen LogP contribution in [0.5, 0.6) is 0 Å². The van der Waals surface area contributed by atoms with Gasteiger partial charge in [0, 0.05) is 32.1 Å². The Bertz CT molecular complexity index is 752. The molecule has 0 amide bonds. The van der Waals surface area contributed by atoms with Crippen molar-refractivity contribution in [2.75, 3.05) is 11.9 Å². The maximum Gasteiger partial charge on any atom is 0.206 e. The van der Waals surface area contributed by atoms with Crippen LogP contribution in [0.15, 0.2) is 29.2 Å². The first-order chi connectivity index (χ1) is 10.8. The van der Waals surface area contributed by atoms with Gasteiger partial charge in [0.2, 0.25) is 5.13 Å². The zero-order chi connectivity index (χ0) is 14.9. The standard InChI is InChI=1S/C13H14N6O2S/c1-19-5-4-14-11(19)10-8(2-6-20-10)15-13-17-16-12(22-13)9-3-7-21-18-9/h3-5,7-8,10H,2,6H2,1H3,(H,15,17)/t8-,10-/m0/s1. The molecule has 114 valence electrons. The SMILES string of the molecule is Cn1ccnc1[C@H]1OCC[C@@H]1Nc1nnc(-c2ccon2)s1. The summed E-state index contributed by atoms with van der Waals surface area (Å²) in [6, 6.07) is 1.89. The van der Waals surface area contributed by atoms with Crippen LogP contribution in [0, 0.1) is 0 Å². The molecule has 1 fully saturated rings. The molecule has 0 radical (unpaired) electrons. The first-order valence-corrected chi connectivity index (χ1v) is 7.72. The molecule has 2 atom stereocenters. The molecule has 0 aliphatic carbocycles. The first-order valence-electron chi connectivity index (χ1n) is 6.91. The second kappa shape index (κ2) is 5.50. The van der Waals surface area contributed by atoms with Crippen molar-refractivity contribution in [1.29, 1.82) is 0 Å². The zero-order valence-corrected chi connectivity index (χ0v) is 12.7. The van der Waals surface area contributed by atoms with Gasteiger partial charge in [-0.25, -0.2) is 4.98 Å². The molecular formula is C13H14N6O2S. The zero-order valence-electron chi connectivity index (χ0n) is 11.8. The lowest BCUT2D eigenvalue weighted by Crippen LogP contribution is -2.25. The Morgan fingerprint density at radius 3 is 3.14 bits per heavy atom. The van der Waals surface area contributed by atoms with E-state index in [0.29, 0.717) is 12.3 Å². The van der Waals surface area contributed by atoms with Crippen molar-refractivity contribution in [3.8, 4) is 10.7 Å². The molecule has 0 saturated carbocycles. The fourth-order valence-corrected chi connectivity index (χ4v) is 3.28. The molecule has 0 spiro atoms. The van der Waals surface area contributed by atoms with E-state index < -0.39 is 0 Å². The van der Waals surface area contributed by atoms with E-state index in [1.165, 1.54) is 17.6 Å². The van der Waals surface area contributed by atoms with Crippen LogP contribution in [0.25, 0.3) is 10.7 Å². The van der Waals surface area contributed by atoms with Crippen molar-refractivity contribution in [3.05, 3.63) is 30.5 Å². The third-order valence-corrected chi connectivity index (χ3v) is 4.47. The molecule has 8 nitrogen and oxygen atoms in total. The van der Waals surface area contributed by atoms with Gasteiger partial charge in [-0.2, -0.15) is 0 Å². The fourth-order valence-electron chi connectivity index (χ4n) is 2.51. The number of hydrogen-bond donors (Lipinski definition) is 1. The Labute approximate surface area is 130 Å². The Hall–Kier alpha value is -2.26. The Morgan fingerprint density at radius 1 is 1.41 bits per heavy atom. The summed E-state index contributed by atoms with van der Waals surface area (Å²) in [6.07, 6.45) is 6.03. The van der Waals surface area contributed by atoms with Crippen molar-refractivity contribution in [3.63, 3.8) is 0 Å². The van der Waals surface area contributed by atoms with Gasteiger partial charge < -0.3 is 19.1 Å². The number of imidazole rings is 1. The topological polar surface area (TPSA) is 90.9 Å². The van der Waals surface area contributed by atoms with Crippen molar-refractivity contribution in [2.45, 2.75) is 18.6 Å². The lowest BCUT2D eigenvalue weighted by atomic mass is 10.1. The number of anilines is 1. The van der Waals surface area contributed by atoms with Gasteiger partial charge in [-0.1, -0.05) is 16.5 Å². The van der Waals surface area contributed by atoms with Crippen molar-refractivity contribution >= 4 is 16.5 Å². The summed E-state index contributed by atoms with van der Waals surface area (Å²) in [7, 11) is 1.97. The Kier molecular flexibility index (Phi) is 3.35. The van der Waals surface area contributed by atoms with Gasteiger partial charge in [0.15, 0.2) is 5.01 Å². The largest absolute Gasteiger partial charge is 0.368 e. The van der Waals surface area contributed by atoms with Gasteiger partial charge in [0.1, 0.15) is 23.9 Å². The van der Waals surface area contributed by atoms with E-state index in [4.69, 9.17) is 9.26 Å². The normalized spacial score (nSPS) is 21.3. The van der Waals surface area contributed by atoms with Crippen LogP contribution < -0.4 is 5.32 Å². The highest BCUT2D eigenvalue weighted by Gasteiger charge is 2.33. The fraction of sp³-hybridized carbons (Fsp3) is 0.385. The quantitative estimate of drug-likeness (QED) is 0.785. The molecule has 4 rings (SSSR count). The van der Waals surface area contributed by atoms with Gasteiger partial charge >= 0.3 is 0 Å². The Morgan fingerprint density at radius 2 is 2.36 bits per heavy atom. The van der Waals surface area contributed by atoms with Crippen LogP contribution in [0.4, 0.5) is 5.13 Å². The van der Waals surface area contributed by atoms with Crippen molar-refractivity contribution < 1.29 is 9.26 Å². The second-order valence-electron chi connectivity index (χ2n) is 5.02. The molecule has 0 bridgehead atoms. The van der Waals surface area contributed by atoms with Gasteiger partial charge in [-0.15, -0.1) is 10.2 Å². The molecule has 0 aromatic carbocycles. The molecule has 1 N–H and O–H groups in total. The van der Waals surface area contributed by atoms with Crippen LogP contribution in [0.1, 0.15) is 18.3 Å². The van der Waals surface area contributed by atoms with Crippen LogP contribution in [-0.4, -0.2) is 37.6 Å². The molecule has 3 aromatic rings. The number of ether oxygens (including phenoxy) is 1. The summed E-state index contributed by atoms with van der Waals surface area (Å²) in [5.74, 6) is 0.913. The molecule has 1 saturated heterocycles. The third-order valence-electron chi connectivity index (χ3n) is 3.60. The number of aromatic nitrogens is 5. The van der Waals surface area contributed by atoms with Gasteiger partial charge in [-0.3, -0.25) is 0 Å². The summed E-state index contributed by atoms with van der Waals surface area (Å²) in [6.45, 7) is 0.699. The number of rotatable bonds is 4. The van der Waals surface area contributed by atoms with Gasteiger partial charge in [0.25, 0.3) is 0 Å². The third kappa shape index (κ3) is 2.38. The van der Waals surface area contributed by atoms with E-state index in [2.05, 4.69) is 25.7 Å². The minimum absolute atomic E-state index is 0.0839. The maximum absolute atomic E-state index is 5.83. The highest BCUT2D eigenvalue weighted by molar-refractivity contribution is 7.18. The summed E-state index contributed by atoms with van der Waals surface area (Å²) < 4.78 is 12.6. The monoisotopic (exact) mass is 318 g/mol.